The number of rotatable bonds is 7. The molecule has 1 atom stereocenters. The monoisotopic (exact) mass is 373 g/mol. The van der Waals surface area contributed by atoms with Crippen molar-refractivity contribution in [2.75, 3.05) is 0 Å². The van der Waals surface area contributed by atoms with Crippen molar-refractivity contribution in [2.24, 2.45) is 5.73 Å². The average Bonchev–Trinajstić information content (AvgIpc) is 3.29. The van der Waals surface area contributed by atoms with Crippen molar-refractivity contribution in [3.05, 3.63) is 64.8 Å². The molecule has 0 bridgehead atoms. The van der Waals surface area contributed by atoms with Crippen molar-refractivity contribution in [3.8, 4) is 0 Å². The molecule has 2 heterocycles. The third-order valence-corrected chi connectivity index (χ3v) is 5.14. The molecule has 0 aliphatic carbocycles. The van der Waals surface area contributed by atoms with Crippen LogP contribution in [0.2, 0.25) is 5.02 Å². The highest BCUT2D eigenvalue weighted by atomic mass is 35.5. The van der Waals surface area contributed by atoms with E-state index in [4.69, 9.17) is 21.8 Å². The Morgan fingerprint density at radius 1 is 1.15 bits per heavy atom. The molecule has 3 aromatic rings. The molecule has 3 rings (SSSR count). The molecule has 1 unspecified atom stereocenters. The predicted molar refractivity (Wildman–Crippen MR) is 101 cm³/mol. The maximum absolute atomic E-state index is 6.84. The van der Waals surface area contributed by atoms with Crippen molar-refractivity contribution < 1.29 is 4.42 Å². The van der Waals surface area contributed by atoms with E-state index in [1.807, 2.05) is 41.1 Å². The van der Waals surface area contributed by atoms with Crippen LogP contribution in [0.15, 0.2) is 47.1 Å². The summed E-state index contributed by atoms with van der Waals surface area (Å²) in [6.45, 7) is 6.33. The van der Waals surface area contributed by atoms with Gasteiger partial charge in [0.2, 0.25) is 0 Å². The fourth-order valence-corrected chi connectivity index (χ4v) is 3.11. The van der Waals surface area contributed by atoms with Crippen LogP contribution in [0.3, 0.4) is 0 Å². The highest BCUT2D eigenvalue weighted by Crippen LogP contribution is 2.29. The van der Waals surface area contributed by atoms with E-state index in [0.29, 0.717) is 23.6 Å². The lowest BCUT2D eigenvalue weighted by Gasteiger charge is -2.30. The van der Waals surface area contributed by atoms with Crippen LogP contribution >= 0.6 is 11.6 Å². The first-order chi connectivity index (χ1) is 12.3. The molecular formula is C19H24ClN5O. The van der Waals surface area contributed by atoms with Crippen LogP contribution in [0.25, 0.3) is 0 Å². The third kappa shape index (κ3) is 3.81. The molecule has 1 aromatic carbocycles. The van der Waals surface area contributed by atoms with Gasteiger partial charge in [0.25, 0.3) is 0 Å². The fraction of sp³-hybridized carbons (Fsp3) is 0.421. The van der Waals surface area contributed by atoms with Gasteiger partial charge in [0, 0.05) is 11.4 Å². The Bertz CT molecular complexity index is 841. The minimum atomic E-state index is -0.770. The summed E-state index contributed by atoms with van der Waals surface area (Å²) < 4.78 is 7.53. The van der Waals surface area contributed by atoms with Crippen LogP contribution in [-0.4, -0.2) is 20.2 Å². The Morgan fingerprint density at radius 2 is 1.88 bits per heavy atom. The summed E-state index contributed by atoms with van der Waals surface area (Å²) in [5.74, 6) is 1.45. The summed E-state index contributed by atoms with van der Waals surface area (Å²) in [6, 6.07) is 11.4. The van der Waals surface area contributed by atoms with E-state index in [-0.39, 0.29) is 5.54 Å². The maximum Gasteiger partial charge on any atom is 0.154 e. The van der Waals surface area contributed by atoms with Crippen LogP contribution in [0, 0.1) is 0 Å². The Morgan fingerprint density at radius 3 is 2.50 bits per heavy atom. The van der Waals surface area contributed by atoms with Gasteiger partial charge in [-0.25, -0.2) is 4.68 Å². The molecule has 0 amide bonds. The van der Waals surface area contributed by atoms with Gasteiger partial charge in [-0.1, -0.05) is 30.7 Å². The summed E-state index contributed by atoms with van der Waals surface area (Å²) in [6.07, 6.45) is 3.58. The average molecular weight is 374 g/mol. The summed E-state index contributed by atoms with van der Waals surface area (Å²) in [7, 11) is 0. The van der Waals surface area contributed by atoms with Gasteiger partial charge in [-0.2, -0.15) is 0 Å². The first-order valence-electron chi connectivity index (χ1n) is 8.69. The highest BCUT2D eigenvalue weighted by molar-refractivity contribution is 6.30. The van der Waals surface area contributed by atoms with Crippen LogP contribution in [0.5, 0.6) is 0 Å². The largest absolute Gasteiger partial charge is 0.467 e. The second-order valence-electron chi connectivity index (χ2n) is 7.29. The van der Waals surface area contributed by atoms with Crippen molar-refractivity contribution in [1.82, 2.24) is 20.2 Å². The number of nitrogens with zero attached hydrogens (tertiary/aromatic N) is 4. The van der Waals surface area contributed by atoms with Gasteiger partial charge < -0.3 is 10.2 Å². The van der Waals surface area contributed by atoms with Crippen molar-refractivity contribution in [3.63, 3.8) is 0 Å². The first-order valence-corrected chi connectivity index (χ1v) is 9.07. The van der Waals surface area contributed by atoms with Crippen LogP contribution in [0.1, 0.15) is 44.3 Å². The molecule has 0 saturated carbocycles. The number of halogens is 1. The molecule has 0 radical (unpaired) electrons. The molecule has 138 valence electrons. The molecule has 0 aliphatic heterocycles. The summed E-state index contributed by atoms with van der Waals surface area (Å²) >= 11 is 6.00. The topological polar surface area (TPSA) is 82.8 Å². The number of tetrazole rings is 1. The van der Waals surface area contributed by atoms with Gasteiger partial charge in [-0.15, -0.1) is 5.10 Å². The lowest BCUT2D eigenvalue weighted by Crippen LogP contribution is -2.43. The fourth-order valence-electron chi connectivity index (χ4n) is 2.98. The number of benzene rings is 1. The molecule has 2 N–H and O–H groups in total. The lowest BCUT2D eigenvalue weighted by atomic mass is 9.85. The predicted octanol–water partition coefficient (Wildman–Crippen LogP) is 3.70. The van der Waals surface area contributed by atoms with Gasteiger partial charge in [0.15, 0.2) is 5.82 Å². The molecule has 0 aliphatic rings. The Kier molecular flexibility index (Phi) is 5.16. The SMILES string of the molecule is CCC(C)(C)n1nnnc1CC(N)(Cc1ccc(Cl)cc1)c1ccco1. The van der Waals surface area contributed by atoms with E-state index in [2.05, 4.69) is 36.3 Å². The van der Waals surface area contributed by atoms with E-state index in [1.54, 1.807) is 6.26 Å². The zero-order valence-corrected chi connectivity index (χ0v) is 16.1. The van der Waals surface area contributed by atoms with E-state index in [9.17, 15) is 0 Å². The van der Waals surface area contributed by atoms with E-state index < -0.39 is 5.54 Å². The van der Waals surface area contributed by atoms with Crippen LogP contribution < -0.4 is 5.73 Å². The normalized spacial score (nSPS) is 14.3. The molecule has 0 saturated heterocycles. The Hall–Kier alpha value is -2.18. The summed E-state index contributed by atoms with van der Waals surface area (Å²) in [4.78, 5) is 0. The van der Waals surface area contributed by atoms with Gasteiger partial charge >= 0.3 is 0 Å². The van der Waals surface area contributed by atoms with E-state index in [0.717, 1.165) is 17.8 Å². The van der Waals surface area contributed by atoms with Gasteiger partial charge in [0.05, 0.1) is 17.3 Å². The second-order valence-corrected chi connectivity index (χ2v) is 7.72. The minimum absolute atomic E-state index is 0.191. The summed E-state index contributed by atoms with van der Waals surface area (Å²) in [5, 5.41) is 13.0. The van der Waals surface area contributed by atoms with Crippen molar-refractivity contribution in [2.45, 2.75) is 51.1 Å². The number of nitrogens with two attached hydrogens (primary N) is 1. The third-order valence-electron chi connectivity index (χ3n) is 4.89. The molecular weight excluding hydrogens is 350 g/mol. The smallest absolute Gasteiger partial charge is 0.154 e. The minimum Gasteiger partial charge on any atom is -0.467 e. The van der Waals surface area contributed by atoms with Gasteiger partial charge in [-0.05, 0) is 66.9 Å². The van der Waals surface area contributed by atoms with Crippen LogP contribution in [-0.2, 0) is 23.9 Å². The zero-order valence-electron chi connectivity index (χ0n) is 15.3. The number of furan rings is 1. The van der Waals surface area contributed by atoms with Gasteiger partial charge in [-0.3, -0.25) is 0 Å². The summed E-state index contributed by atoms with van der Waals surface area (Å²) in [5.41, 5.74) is 6.95. The molecule has 7 heteroatoms. The first kappa shape index (κ1) is 18.6. The number of hydrogen-bond donors (Lipinski definition) is 1. The van der Waals surface area contributed by atoms with Crippen LogP contribution in [0.4, 0.5) is 0 Å². The van der Waals surface area contributed by atoms with Crippen molar-refractivity contribution >= 4 is 11.6 Å². The highest BCUT2D eigenvalue weighted by Gasteiger charge is 2.35. The molecule has 0 fully saturated rings. The van der Waals surface area contributed by atoms with E-state index >= 15 is 0 Å². The maximum atomic E-state index is 6.84. The molecule has 26 heavy (non-hydrogen) atoms. The molecule has 0 spiro atoms. The molecule has 2 aromatic heterocycles. The second kappa shape index (κ2) is 7.21. The Labute approximate surface area is 158 Å². The zero-order chi connectivity index (χ0) is 18.8. The number of aromatic nitrogens is 4. The standard InChI is InChI=1S/C19H24ClN5O/c1-4-18(2,3)25-17(22-23-24-25)13-19(21,16-6-5-11-26-16)12-14-7-9-15(20)10-8-14/h5-11H,4,12-13,21H2,1-3H3. The molecule has 6 nitrogen and oxygen atoms in total. The quantitative estimate of drug-likeness (QED) is 0.682. The van der Waals surface area contributed by atoms with Gasteiger partial charge in [0.1, 0.15) is 5.76 Å². The Balaban J connectivity index is 1.96. The lowest BCUT2D eigenvalue weighted by molar-refractivity contribution is 0.271. The van der Waals surface area contributed by atoms with E-state index in [1.165, 1.54) is 0 Å². The number of hydrogen-bond acceptors (Lipinski definition) is 5. The van der Waals surface area contributed by atoms with Crippen molar-refractivity contribution in [1.29, 1.82) is 0 Å².